The Hall–Kier alpha value is -2.14. The Labute approximate surface area is 145 Å². The van der Waals surface area contributed by atoms with Crippen molar-refractivity contribution in [3.8, 4) is 0 Å². The summed E-state index contributed by atoms with van der Waals surface area (Å²) in [6, 6.07) is 6.34. The summed E-state index contributed by atoms with van der Waals surface area (Å²) >= 11 is 0. The highest BCUT2D eigenvalue weighted by Crippen LogP contribution is 2.25. The van der Waals surface area contributed by atoms with E-state index in [-0.39, 0.29) is 0 Å². The van der Waals surface area contributed by atoms with Gasteiger partial charge in [0.1, 0.15) is 17.5 Å². The second-order valence-electron chi connectivity index (χ2n) is 6.67. The second-order valence-corrected chi connectivity index (χ2v) is 6.67. The lowest BCUT2D eigenvalue weighted by molar-refractivity contribution is 0.405. The first-order valence-electron chi connectivity index (χ1n) is 8.44. The van der Waals surface area contributed by atoms with E-state index in [1.54, 1.807) is 0 Å². The Morgan fingerprint density at radius 2 is 1.54 bits per heavy atom. The van der Waals surface area contributed by atoms with Crippen LogP contribution in [0.2, 0.25) is 0 Å². The van der Waals surface area contributed by atoms with Crippen LogP contribution in [-0.4, -0.2) is 42.1 Å². The van der Waals surface area contributed by atoms with Crippen LogP contribution in [-0.2, 0) is 0 Å². The number of hydrogen-bond donors (Lipinski definition) is 2. The topological polar surface area (TPSA) is 53.1 Å². The Morgan fingerprint density at radius 3 is 2.17 bits per heavy atom. The third kappa shape index (κ3) is 5.20. The van der Waals surface area contributed by atoms with Gasteiger partial charge < -0.3 is 15.5 Å². The van der Waals surface area contributed by atoms with Gasteiger partial charge in [0.15, 0.2) is 0 Å². The van der Waals surface area contributed by atoms with Crippen LogP contribution < -0.4 is 10.6 Å². The fourth-order valence-corrected chi connectivity index (χ4v) is 2.84. The molecule has 0 aliphatic carbocycles. The van der Waals surface area contributed by atoms with Crippen LogP contribution in [0, 0.1) is 27.7 Å². The molecule has 0 radical (unpaired) electrons. The molecule has 5 heteroatoms. The Kier molecular flexibility index (Phi) is 6.15. The van der Waals surface area contributed by atoms with Crippen LogP contribution >= 0.6 is 0 Å². The number of rotatable bonds is 7. The Balaban J connectivity index is 2.11. The van der Waals surface area contributed by atoms with E-state index >= 15 is 0 Å². The van der Waals surface area contributed by atoms with Crippen LogP contribution in [0.4, 0.5) is 17.3 Å². The maximum atomic E-state index is 4.52. The van der Waals surface area contributed by atoms with E-state index < -0.39 is 0 Å². The summed E-state index contributed by atoms with van der Waals surface area (Å²) in [6.45, 7) is 10.2. The zero-order valence-electron chi connectivity index (χ0n) is 15.7. The molecule has 0 aliphatic heterocycles. The lowest BCUT2D eigenvalue weighted by Gasteiger charge is -2.15. The zero-order chi connectivity index (χ0) is 17.7. The second kappa shape index (κ2) is 8.11. The average molecular weight is 327 g/mol. The molecule has 24 heavy (non-hydrogen) atoms. The van der Waals surface area contributed by atoms with Crippen molar-refractivity contribution < 1.29 is 0 Å². The zero-order valence-corrected chi connectivity index (χ0v) is 15.7. The first-order chi connectivity index (χ1) is 11.3. The third-order valence-electron chi connectivity index (χ3n) is 3.86. The summed E-state index contributed by atoms with van der Waals surface area (Å²) in [5.41, 5.74) is 4.85. The Morgan fingerprint density at radius 1 is 0.917 bits per heavy atom. The van der Waals surface area contributed by atoms with Crippen molar-refractivity contribution in [1.29, 1.82) is 0 Å². The summed E-state index contributed by atoms with van der Waals surface area (Å²) in [5.74, 6) is 2.45. The van der Waals surface area contributed by atoms with Gasteiger partial charge in [-0.05, 0) is 65.9 Å². The standard InChI is InChI=1S/C19H29N5/c1-13-10-14(2)19(15(3)11-13)23-18-12-17(21-16(4)22-18)20-8-7-9-24(5)6/h10-12H,7-9H2,1-6H3,(H2,20,21,22,23). The smallest absolute Gasteiger partial charge is 0.136 e. The van der Waals surface area contributed by atoms with Crippen LogP contribution in [0.1, 0.15) is 28.9 Å². The van der Waals surface area contributed by atoms with Gasteiger partial charge in [-0.3, -0.25) is 0 Å². The molecule has 0 amide bonds. The molecule has 0 aliphatic rings. The van der Waals surface area contributed by atoms with Gasteiger partial charge in [0, 0.05) is 18.3 Å². The molecular weight excluding hydrogens is 298 g/mol. The minimum absolute atomic E-state index is 0.762. The van der Waals surface area contributed by atoms with Crippen molar-refractivity contribution in [1.82, 2.24) is 14.9 Å². The highest BCUT2D eigenvalue weighted by Gasteiger charge is 2.07. The summed E-state index contributed by atoms with van der Waals surface area (Å²) in [6.07, 6.45) is 1.08. The molecular formula is C19H29N5. The number of nitrogens with one attached hydrogen (secondary N) is 2. The molecule has 0 bridgehead atoms. The molecule has 0 fully saturated rings. The van der Waals surface area contributed by atoms with Gasteiger partial charge in [0.05, 0.1) is 0 Å². The number of hydrogen-bond acceptors (Lipinski definition) is 5. The predicted octanol–water partition coefficient (Wildman–Crippen LogP) is 3.82. The van der Waals surface area contributed by atoms with Gasteiger partial charge in [-0.1, -0.05) is 17.7 Å². The molecule has 0 atom stereocenters. The van der Waals surface area contributed by atoms with Gasteiger partial charge in [-0.25, -0.2) is 9.97 Å². The summed E-state index contributed by atoms with van der Waals surface area (Å²) in [5, 5.41) is 6.85. The van der Waals surface area contributed by atoms with Crippen molar-refractivity contribution in [2.45, 2.75) is 34.1 Å². The van der Waals surface area contributed by atoms with Crippen molar-refractivity contribution in [3.05, 3.63) is 40.7 Å². The summed E-state index contributed by atoms with van der Waals surface area (Å²) in [7, 11) is 4.17. The molecule has 0 spiro atoms. The van der Waals surface area contributed by atoms with E-state index in [1.807, 2.05) is 13.0 Å². The van der Waals surface area contributed by atoms with Gasteiger partial charge in [-0.15, -0.1) is 0 Å². The molecule has 5 nitrogen and oxygen atoms in total. The lowest BCUT2D eigenvalue weighted by Crippen LogP contribution is -2.17. The normalized spacial score (nSPS) is 11.0. The van der Waals surface area contributed by atoms with Crippen molar-refractivity contribution in [2.24, 2.45) is 0 Å². The molecule has 0 saturated heterocycles. The van der Waals surface area contributed by atoms with E-state index in [9.17, 15) is 0 Å². The highest BCUT2D eigenvalue weighted by atomic mass is 15.1. The van der Waals surface area contributed by atoms with E-state index in [0.29, 0.717) is 0 Å². The maximum Gasteiger partial charge on any atom is 0.136 e. The minimum Gasteiger partial charge on any atom is -0.370 e. The van der Waals surface area contributed by atoms with Crippen LogP contribution in [0.3, 0.4) is 0 Å². The molecule has 1 heterocycles. The fourth-order valence-electron chi connectivity index (χ4n) is 2.84. The van der Waals surface area contributed by atoms with Crippen LogP contribution in [0.15, 0.2) is 18.2 Å². The van der Waals surface area contributed by atoms with Crippen molar-refractivity contribution in [3.63, 3.8) is 0 Å². The van der Waals surface area contributed by atoms with E-state index in [2.05, 4.69) is 72.5 Å². The molecule has 130 valence electrons. The van der Waals surface area contributed by atoms with Gasteiger partial charge in [0.2, 0.25) is 0 Å². The maximum absolute atomic E-state index is 4.52. The number of nitrogens with zero attached hydrogens (tertiary/aromatic N) is 3. The number of anilines is 3. The average Bonchev–Trinajstić information content (AvgIpc) is 2.47. The van der Waals surface area contributed by atoms with Crippen molar-refractivity contribution in [2.75, 3.05) is 37.8 Å². The first-order valence-corrected chi connectivity index (χ1v) is 8.44. The quantitative estimate of drug-likeness (QED) is 0.757. The molecule has 1 aromatic carbocycles. The van der Waals surface area contributed by atoms with Gasteiger partial charge in [0.25, 0.3) is 0 Å². The Bertz CT molecular complexity index is 671. The summed E-state index contributed by atoms with van der Waals surface area (Å²) < 4.78 is 0. The van der Waals surface area contributed by atoms with Crippen molar-refractivity contribution >= 4 is 17.3 Å². The van der Waals surface area contributed by atoms with E-state index in [0.717, 1.165) is 42.7 Å². The molecule has 0 unspecified atom stereocenters. The number of benzene rings is 1. The fraction of sp³-hybridized carbons (Fsp3) is 0.474. The lowest BCUT2D eigenvalue weighted by atomic mass is 10.1. The number of aryl methyl sites for hydroxylation is 4. The molecule has 2 aromatic rings. The molecule has 2 N–H and O–H groups in total. The monoisotopic (exact) mass is 327 g/mol. The predicted molar refractivity (Wildman–Crippen MR) is 102 cm³/mol. The minimum atomic E-state index is 0.762. The molecule has 2 rings (SSSR count). The molecule has 1 aromatic heterocycles. The SMILES string of the molecule is Cc1cc(C)c(Nc2cc(NCCCN(C)C)nc(C)n2)c(C)c1. The van der Waals surface area contributed by atoms with Crippen LogP contribution in [0.5, 0.6) is 0 Å². The van der Waals surface area contributed by atoms with Gasteiger partial charge >= 0.3 is 0 Å². The first kappa shape index (κ1) is 18.2. The molecule has 0 saturated carbocycles. The third-order valence-corrected chi connectivity index (χ3v) is 3.86. The number of aromatic nitrogens is 2. The van der Waals surface area contributed by atoms with E-state index in [4.69, 9.17) is 0 Å². The summed E-state index contributed by atoms with van der Waals surface area (Å²) in [4.78, 5) is 11.2. The van der Waals surface area contributed by atoms with E-state index in [1.165, 1.54) is 16.7 Å². The highest BCUT2D eigenvalue weighted by molar-refractivity contribution is 5.66. The largest absolute Gasteiger partial charge is 0.370 e. The van der Waals surface area contributed by atoms with Gasteiger partial charge in [-0.2, -0.15) is 0 Å². The van der Waals surface area contributed by atoms with Crippen LogP contribution in [0.25, 0.3) is 0 Å².